The van der Waals surface area contributed by atoms with E-state index in [1.807, 2.05) is 12.1 Å². The lowest BCUT2D eigenvalue weighted by molar-refractivity contribution is 0.385. The zero-order chi connectivity index (χ0) is 14.6. The summed E-state index contributed by atoms with van der Waals surface area (Å²) < 4.78 is 25.0. The van der Waals surface area contributed by atoms with Crippen LogP contribution in [0, 0.1) is 28.6 Å². The molecule has 0 radical (unpaired) electrons. The Morgan fingerprint density at radius 2 is 1.80 bits per heavy atom. The molecule has 1 saturated carbocycles. The van der Waals surface area contributed by atoms with Crippen molar-refractivity contribution in [2.24, 2.45) is 5.92 Å². The molecule has 4 nitrogen and oxygen atoms in total. The Balaban J connectivity index is 2.35. The van der Waals surface area contributed by atoms with E-state index in [4.69, 9.17) is 10.5 Å². The third-order valence-corrected chi connectivity index (χ3v) is 5.69. The van der Waals surface area contributed by atoms with Crippen molar-refractivity contribution in [3.8, 4) is 12.1 Å². The zero-order valence-electron chi connectivity index (χ0n) is 11.2. The van der Waals surface area contributed by atoms with Gasteiger partial charge in [-0.3, -0.25) is 0 Å². The molecule has 20 heavy (non-hydrogen) atoms. The predicted molar refractivity (Wildman–Crippen MR) is 74.5 cm³/mol. The minimum absolute atomic E-state index is 0.00428. The summed E-state index contributed by atoms with van der Waals surface area (Å²) in [5.74, 6) is 0.252. The number of rotatable bonds is 3. The molecule has 0 aliphatic heterocycles. The van der Waals surface area contributed by atoms with Crippen LogP contribution in [0.15, 0.2) is 23.1 Å². The van der Waals surface area contributed by atoms with Gasteiger partial charge in [0.05, 0.1) is 21.8 Å². The van der Waals surface area contributed by atoms with Crippen LogP contribution in [0.1, 0.15) is 43.2 Å². The molecule has 0 unspecified atom stereocenters. The van der Waals surface area contributed by atoms with E-state index in [1.165, 1.54) is 24.6 Å². The van der Waals surface area contributed by atoms with Crippen molar-refractivity contribution in [2.75, 3.05) is 5.75 Å². The SMILES string of the molecule is N#Cc1cccc(S(=O)(=O)CC2CCCCC2)c1C#N. The monoisotopic (exact) mass is 288 g/mol. The van der Waals surface area contributed by atoms with Crippen LogP contribution in [0.5, 0.6) is 0 Å². The van der Waals surface area contributed by atoms with E-state index >= 15 is 0 Å². The number of nitriles is 2. The summed E-state index contributed by atoms with van der Waals surface area (Å²) in [7, 11) is -3.51. The topological polar surface area (TPSA) is 81.7 Å². The van der Waals surface area contributed by atoms with Crippen molar-refractivity contribution in [3.63, 3.8) is 0 Å². The normalized spacial score (nSPS) is 16.3. The van der Waals surface area contributed by atoms with Crippen LogP contribution in [0.3, 0.4) is 0 Å². The first-order chi connectivity index (χ1) is 9.58. The fraction of sp³-hybridized carbons (Fsp3) is 0.467. The van der Waals surface area contributed by atoms with E-state index in [0.29, 0.717) is 0 Å². The molecular weight excluding hydrogens is 272 g/mol. The van der Waals surface area contributed by atoms with Gasteiger partial charge in [-0.1, -0.05) is 25.3 Å². The molecule has 104 valence electrons. The lowest BCUT2D eigenvalue weighted by Crippen LogP contribution is -2.19. The average Bonchev–Trinajstić information content (AvgIpc) is 2.46. The fourth-order valence-corrected chi connectivity index (χ4v) is 4.64. The highest BCUT2D eigenvalue weighted by molar-refractivity contribution is 7.91. The number of hydrogen-bond donors (Lipinski definition) is 0. The molecular formula is C15H16N2O2S. The third-order valence-electron chi connectivity index (χ3n) is 3.77. The predicted octanol–water partition coefficient (Wildman–Crippen LogP) is 2.78. The van der Waals surface area contributed by atoms with E-state index < -0.39 is 9.84 Å². The summed E-state index contributed by atoms with van der Waals surface area (Å²) in [4.78, 5) is 0.00428. The molecule has 1 fully saturated rings. The molecule has 2 rings (SSSR count). The molecule has 0 amide bonds. The first-order valence-corrected chi connectivity index (χ1v) is 8.39. The average molecular weight is 288 g/mol. The molecule has 0 heterocycles. The van der Waals surface area contributed by atoms with Gasteiger partial charge in [0, 0.05) is 0 Å². The van der Waals surface area contributed by atoms with E-state index in [9.17, 15) is 8.42 Å². The van der Waals surface area contributed by atoms with Crippen molar-refractivity contribution < 1.29 is 8.42 Å². The smallest absolute Gasteiger partial charge is 0.180 e. The van der Waals surface area contributed by atoms with Crippen LogP contribution in [0.4, 0.5) is 0 Å². The van der Waals surface area contributed by atoms with Gasteiger partial charge in [-0.2, -0.15) is 10.5 Å². The van der Waals surface area contributed by atoms with Crippen molar-refractivity contribution >= 4 is 9.84 Å². The molecule has 0 bridgehead atoms. The van der Waals surface area contributed by atoms with Crippen molar-refractivity contribution in [1.82, 2.24) is 0 Å². The fourth-order valence-electron chi connectivity index (χ4n) is 2.75. The second-order valence-corrected chi connectivity index (χ2v) is 7.19. The molecule has 0 spiro atoms. The van der Waals surface area contributed by atoms with E-state index in [0.717, 1.165) is 25.7 Å². The maximum atomic E-state index is 12.5. The number of sulfone groups is 1. The molecule has 1 aliphatic carbocycles. The maximum Gasteiger partial charge on any atom is 0.180 e. The molecule has 1 aliphatic rings. The molecule has 0 aromatic heterocycles. The summed E-state index contributed by atoms with van der Waals surface area (Å²) in [6.45, 7) is 0. The van der Waals surface area contributed by atoms with Gasteiger partial charge in [0.15, 0.2) is 9.84 Å². The molecule has 1 aromatic rings. The van der Waals surface area contributed by atoms with Gasteiger partial charge in [0.1, 0.15) is 12.1 Å². The summed E-state index contributed by atoms with van der Waals surface area (Å²) in [5.41, 5.74) is 0.100. The largest absolute Gasteiger partial charge is 0.224 e. The van der Waals surface area contributed by atoms with Crippen molar-refractivity contribution in [1.29, 1.82) is 10.5 Å². The first-order valence-electron chi connectivity index (χ1n) is 6.74. The van der Waals surface area contributed by atoms with Crippen LogP contribution >= 0.6 is 0 Å². The summed E-state index contributed by atoms with van der Waals surface area (Å²) in [5, 5.41) is 18.1. The molecule has 1 aromatic carbocycles. The summed E-state index contributed by atoms with van der Waals surface area (Å²) in [6.07, 6.45) is 5.18. The Morgan fingerprint density at radius 3 is 2.40 bits per heavy atom. The quantitative estimate of drug-likeness (QED) is 0.856. The first kappa shape index (κ1) is 14.6. The van der Waals surface area contributed by atoms with Gasteiger partial charge in [0.25, 0.3) is 0 Å². The molecule has 0 saturated heterocycles. The van der Waals surface area contributed by atoms with Crippen LogP contribution < -0.4 is 0 Å². The Labute approximate surface area is 119 Å². The molecule has 5 heteroatoms. The van der Waals surface area contributed by atoms with E-state index in [1.54, 1.807) is 0 Å². The second kappa shape index (κ2) is 6.07. The van der Waals surface area contributed by atoms with Crippen LogP contribution in [0.25, 0.3) is 0 Å². The van der Waals surface area contributed by atoms with Crippen molar-refractivity contribution in [3.05, 3.63) is 29.3 Å². The highest BCUT2D eigenvalue weighted by Crippen LogP contribution is 2.28. The Hall–Kier alpha value is -1.85. The van der Waals surface area contributed by atoms with Crippen LogP contribution in [-0.4, -0.2) is 14.2 Å². The van der Waals surface area contributed by atoms with Gasteiger partial charge in [0.2, 0.25) is 0 Å². The highest BCUT2D eigenvalue weighted by atomic mass is 32.2. The summed E-state index contributed by atoms with van der Waals surface area (Å²) >= 11 is 0. The summed E-state index contributed by atoms with van der Waals surface area (Å²) in [6, 6.07) is 8.15. The minimum atomic E-state index is -3.51. The lowest BCUT2D eigenvalue weighted by Gasteiger charge is -2.21. The van der Waals surface area contributed by atoms with Gasteiger partial charge >= 0.3 is 0 Å². The Morgan fingerprint density at radius 1 is 1.10 bits per heavy atom. The Kier molecular flexibility index (Phi) is 4.42. The number of nitrogens with zero attached hydrogens (tertiary/aromatic N) is 2. The van der Waals surface area contributed by atoms with Gasteiger partial charge < -0.3 is 0 Å². The highest BCUT2D eigenvalue weighted by Gasteiger charge is 2.26. The van der Waals surface area contributed by atoms with Gasteiger partial charge in [-0.15, -0.1) is 0 Å². The number of hydrogen-bond acceptors (Lipinski definition) is 4. The van der Waals surface area contributed by atoms with E-state index in [2.05, 4.69) is 0 Å². The zero-order valence-corrected chi connectivity index (χ0v) is 12.0. The van der Waals surface area contributed by atoms with Gasteiger partial charge in [-0.25, -0.2) is 8.42 Å². The third kappa shape index (κ3) is 3.00. The van der Waals surface area contributed by atoms with Crippen LogP contribution in [0.2, 0.25) is 0 Å². The minimum Gasteiger partial charge on any atom is -0.224 e. The van der Waals surface area contributed by atoms with Crippen LogP contribution in [-0.2, 0) is 9.84 Å². The standard InChI is InChI=1S/C15H16N2O2S/c16-9-13-7-4-8-15(14(13)10-17)20(18,19)11-12-5-2-1-3-6-12/h4,7-8,12H,1-3,5-6,11H2. The maximum absolute atomic E-state index is 12.5. The van der Waals surface area contributed by atoms with E-state index in [-0.39, 0.29) is 27.7 Å². The molecule has 0 atom stereocenters. The molecule has 0 N–H and O–H groups in total. The number of benzene rings is 1. The lowest BCUT2D eigenvalue weighted by atomic mass is 9.91. The second-order valence-electron chi connectivity index (χ2n) is 5.19. The van der Waals surface area contributed by atoms with Gasteiger partial charge in [-0.05, 0) is 30.9 Å². The Bertz CT molecular complexity index is 675. The van der Waals surface area contributed by atoms with Crippen molar-refractivity contribution in [2.45, 2.75) is 37.0 Å².